The molecule has 8 heteroatoms. The van der Waals surface area contributed by atoms with E-state index in [0.717, 1.165) is 5.39 Å². The molecule has 1 aromatic heterocycles. The quantitative estimate of drug-likeness (QED) is 0.203. The first-order valence-electron chi connectivity index (χ1n) is 13.0. The van der Waals surface area contributed by atoms with E-state index in [1.54, 1.807) is 55.8 Å². The summed E-state index contributed by atoms with van der Waals surface area (Å²) in [5.74, 6) is 2.65. The summed E-state index contributed by atoms with van der Waals surface area (Å²) in [6.45, 7) is 10.1. The van der Waals surface area contributed by atoms with Crippen molar-refractivity contribution in [2.75, 3.05) is 19.0 Å². The Bertz CT molecular complexity index is 1460. The Kier molecular flexibility index (Phi) is 8.91. The Morgan fingerprint density at radius 1 is 1.00 bits per heavy atom. The molecule has 1 atom stereocenters. The molecule has 0 unspecified atom stereocenters. The topological polar surface area (TPSA) is 105 Å². The number of carbonyl (C=O) groups excluding carboxylic acids is 1. The molecule has 8 nitrogen and oxygen atoms in total. The largest absolute Gasteiger partial charge is 0.493 e. The SMILES string of the molecule is C=C(OC(C)(C)C)[C@@H](N)CCOc1cc2nccc(Oc3ccc(NC(=O)c4ccccc4)cc3)c2cc1OC. The molecule has 40 heavy (non-hydrogen) atoms. The fourth-order valence-corrected chi connectivity index (χ4v) is 3.94. The lowest BCUT2D eigenvalue weighted by Gasteiger charge is -2.26. The van der Waals surface area contributed by atoms with Gasteiger partial charge in [-0.05, 0) is 69.3 Å². The van der Waals surface area contributed by atoms with Gasteiger partial charge in [0.1, 0.15) is 22.9 Å². The third kappa shape index (κ3) is 7.51. The average Bonchev–Trinajstić information content (AvgIpc) is 2.93. The lowest BCUT2D eigenvalue weighted by molar-refractivity contribution is 0.0416. The van der Waals surface area contributed by atoms with Gasteiger partial charge in [0.05, 0.1) is 25.3 Å². The maximum absolute atomic E-state index is 12.4. The van der Waals surface area contributed by atoms with Gasteiger partial charge in [-0.2, -0.15) is 0 Å². The number of aromatic nitrogens is 1. The summed E-state index contributed by atoms with van der Waals surface area (Å²) in [7, 11) is 1.58. The molecule has 0 saturated carbocycles. The fourth-order valence-electron chi connectivity index (χ4n) is 3.94. The molecule has 0 bridgehead atoms. The van der Waals surface area contributed by atoms with Gasteiger partial charge in [-0.25, -0.2) is 0 Å². The Morgan fingerprint density at radius 2 is 1.73 bits per heavy atom. The van der Waals surface area contributed by atoms with Gasteiger partial charge in [-0.15, -0.1) is 0 Å². The van der Waals surface area contributed by atoms with Crippen LogP contribution >= 0.6 is 0 Å². The molecule has 3 N–H and O–H groups in total. The highest BCUT2D eigenvalue weighted by atomic mass is 16.5. The van der Waals surface area contributed by atoms with Crippen LogP contribution < -0.4 is 25.3 Å². The maximum atomic E-state index is 12.4. The van der Waals surface area contributed by atoms with Crippen LogP contribution in [0.3, 0.4) is 0 Å². The number of ether oxygens (including phenoxy) is 4. The summed E-state index contributed by atoms with van der Waals surface area (Å²) >= 11 is 0. The smallest absolute Gasteiger partial charge is 0.255 e. The van der Waals surface area contributed by atoms with Crippen LogP contribution in [0.1, 0.15) is 37.6 Å². The van der Waals surface area contributed by atoms with Crippen LogP contribution in [0.25, 0.3) is 10.9 Å². The standard InChI is InChI=1S/C32H35N3O5/c1-21(40-32(2,3)4)26(33)16-18-38-30-20-27-25(19-29(30)37-5)28(15-17-34-27)39-24-13-11-23(12-14-24)35-31(36)22-9-7-6-8-10-22/h6-15,17,19-20,26H,1,16,18,33H2,2-5H3,(H,35,36)/t26-/m0/s1. The molecule has 1 heterocycles. The average molecular weight is 542 g/mol. The molecule has 4 aromatic rings. The molecular weight excluding hydrogens is 506 g/mol. The zero-order valence-electron chi connectivity index (χ0n) is 23.3. The molecule has 0 fully saturated rings. The summed E-state index contributed by atoms with van der Waals surface area (Å²) in [5.41, 5.74) is 7.80. The van der Waals surface area contributed by atoms with Crippen LogP contribution in [-0.4, -0.2) is 36.3 Å². The van der Waals surface area contributed by atoms with Gasteiger partial charge in [0.25, 0.3) is 5.91 Å². The van der Waals surface area contributed by atoms with E-state index in [0.29, 0.717) is 58.6 Å². The molecule has 0 saturated heterocycles. The van der Waals surface area contributed by atoms with Crippen LogP contribution in [-0.2, 0) is 4.74 Å². The van der Waals surface area contributed by atoms with Crippen LogP contribution in [0.15, 0.2) is 91.3 Å². The molecule has 3 aromatic carbocycles. The van der Waals surface area contributed by atoms with Crippen molar-refractivity contribution >= 4 is 22.5 Å². The number of rotatable bonds is 11. The number of carbonyl (C=O) groups is 1. The first-order chi connectivity index (χ1) is 19.1. The number of nitrogens with one attached hydrogen (secondary N) is 1. The number of hydrogen-bond donors (Lipinski definition) is 2. The highest BCUT2D eigenvalue weighted by molar-refractivity contribution is 6.04. The van der Waals surface area contributed by atoms with Gasteiger partial charge in [-0.3, -0.25) is 9.78 Å². The van der Waals surface area contributed by atoms with Crippen LogP contribution in [0.5, 0.6) is 23.0 Å². The lowest BCUT2D eigenvalue weighted by atomic mass is 10.1. The summed E-state index contributed by atoms with van der Waals surface area (Å²) in [6.07, 6.45) is 2.20. The van der Waals surface area contributed by atoms with Crippen LogP contribution in [0.2, 0.25) is 0 Å². The number of methoxy groups -OCH3 is 1. The molecule has 4 rings (SSSR count). The molecular formula is C32H35N3O5. The Morgan fingerprint density at radius 3 is 2.40 bits per heavy atom. The predicted molar refractivity (Wildman–Crippen MR) is 157 cm³/mol. The van der Waals surface area contributed by atoms with Crippen molar-refractivity contribution in [2.24, 2.45) is 5.73 Å². The number of fused-ring (bicyclic) bond motifs is 1. The van der Waals surface area contributed by atoms with Gasteiger partial charge in [-0.1, -0.05) is 24.8 Å². The Hall–Kier alpha value is -4.56. The van der Waals surface area contributed by atoms with E-state index in [1.807, 2.05) is 51.1 Å². The van der Waals surface area contributed by atoms with Crippen LogP contribution in [0.4, 0.5) is 5.69 Å². The molecule has 0 radical (unpaired) electrons. The van der Waals surface area contributed by atoms with E-state index < -0.39 is 0 Å². The minimum atomic E-state index is -0.359. The van der Waals surface area contributed by atoms with E-state index >= 15 is 0 Å². The van der Waals surface area contributed by atoms with Gasteiger partial charge in [0.15, 0.2) is 11.5 Å². The molecule has 208 valence electrons. The minimum absolute atomic E-state index is 0.176. The van der Waals surface area contributed by atoms with Crippen LogP contribution in [0, 0.1) is 0 Å². The number of nitrogens with two attached hydrogens (primary N) is 1. The summed E-state index contributed by atoms with van der Waals surface area (Å²) in [4.78, 5) is 16.9. The highest BCUT2D eigenvalue weighted by Gasteiger charge is 2.18. The molecule has 0 spiro atoms. The van der Waals surface area contributed by atoms with Crippen molar-refractivity contribution < 1.29 is 23.7 Å². The van der Waals surface area contributed by atoms with E-state index in [1.165, 1.54) is 0 Å². The number of amides is 1. The number of benzene rings is 3. The lowest BCUT2D eigenvalue weighted by Crippen LogP contribution is -2.30. The van der Waals surface area contributed by atoms with Crippen molar-refractivity contribution in [3.63, 3.8) is 0 Å². The van der Waals surface area contributed by atoms with Gasteiger partial charge in [0.2, 0.25) is 0 Å². The molecule has 0 aliphatic heterocycles. The van der Waals surface area contributed by atoms with Crippen molar-refractivity contribution in [1.29, 1.82) is 0 Å². The summed E-state index contributed by atoms with van der Waals surface area (Å²) in [6, 6.07) is 21.3. The summed E-state index contributed by atoms with van der Waals surface area (Å²) < 4.78 is 23.5. The molecule has 0 aliphatic carbocycles. The Balaban J connectivity index is 1.43. The normalized spacial score (nSPS) is 11.9. The number of hydrogen-bond acceptors (Lipinski definition) is 7. The van der Waals surface area contributed by atoms with E-state index in [9.17, 15) is 4.79 Å². The van der Waals surface area contributed by atoms with Crippen molar-refractivity contribution in [3.8, 4) is 23.0 Å². The zero-order valence-corrected chi connectivity index (χ0v) is 23.3. The fraction of sp³-hybridized carbons (Fsp3) is 0.250. The van der Waals surface area contributed by atoms with Crippen molar-refractivity contribution in [1.82, 2.24) is 4.98 Å². The van der Waals surface area contributed by atoms with E-state index in [-0.39, 0.29) is 17.6 Å². The minimum Gasteiger partial charge on any atom is -0.493 e. The second-order valence-corrected chi connectivity index (χ2v) is 10.2. The molecule has 0 aliphatic rings. The maximum Gasteiger partial charge on any atom is 0.255 e. The molecule has 1 amide bonds. The van der Waals surface area contributed by atoms with E-state index in [2.05, 4.69) is 16.9 Å². The zero-order chi connectivity index (χ0) is 28.7. The second kappa shape index (κ2) is 12.5. The number of anilines is 1. The van der Waals surface area contributed by atoms with Crippen molar-refractivity contribution in [3.05, 3.63) is 96.9 Å². The number of nitrogens with zero attached hydrogens (tertiary/aromatic N) is 1. The third-order valence-electron chi connectivity index (χ3n) is 5.90. The van der Waals surface area contributed by atoms with Gasteiger partial charge < -0.3 is 30.0 Å². The van der Waals surface area contributed by atoms with E-state index in [4.69, 9.17) is 24.7 Å². The van der Waals surface area contributed by atoms with Crippen molar-refractivity contribution in [2.45, 2.75) is 38.8 Å². The Labute approximate surface area is 234 Å². The monoisotopic (exact) mass is 541 g/mol. The summed E-state index contributed by atoms with van der Waals surface area (Å²) in [5, 5.41) is 3.65. The van der Waals surface area contributed by atoms with Gasteiger partial charge in [0, 0.05) is 35.3 Å². The highest BCUT2D eigenvalue weighted by Crippen LogP contribution is 2.37. The number of pyridine rings is 1. The predicted octanol–water partition coefficient (Wildman–Crippen LogP) is 6.71. The van der Waals surface area contributed by atoms with Gasteiger partial charge >= 0.3 is 0 Å². The second-order valence-electron chi connectivity index (χ2n) is 10.2. The first kappa shape index (κ1) is 28.4. The third-order valence-corrected chi connectivity index (χ3v) is 5.90. The first-order valence-corrected chi connectivity index (χ1v) is 13.0.